The third-order valence-corrected chi connectivity index (χ3v) is 26.6. The number of nitrogens with zero attached hydrogens (tertiary/aromatic N) is 4. The lowest BCUT2D eigenvalue weighted by atomic mass is 9.28. The molecule has 0 amide bonds. The Morgan fingerprint density at radius 2 is 0.581 bits per heavy atom. The lowest BCUT2D eigenvalue weighted by Gasteiger charge is -2.51. The SMILES string of the molecule is c1ccc(-c2cc(-c3ccccc3)cc(N3c4ccccc4B4c5cc6c(cc5Oc5cc(-c7ccc8c(c7)-c7ccccc7C87c8ccccc8-c8ccccc87)cc3c54)N(c3c(-c4ccccc4)cccc3-c3ccccc3)c3cc4c5c7c3B6c3ccccc3N7c3ccccc3B5c3ccccc3N4c3ccccc3)c2)cc1. The van der Waals surface area contributed by atoms with Crippen molar-refractivity contribution < 1.29 is 4.74 Å². The highest BCUT2D eigenvalue weighted by Crippen LogP contribution is 2.64. The predicted molar refractivity (Wildman–Crippen MR) is 489 cm³/mol. The molecule has 538 valence electrons. The van der Waals surface area contributed by atoms with Crippen LogP contribution in [-0.4, -0.2) is 20.1 Å². The Bertz CT molecular complexity index is 7120. The minimum atomic E-state index is -0.493. The summed E-state index contributed by atoms with van der Waals surface area (Å²) in [4.78, 5) is 10.5. The highest BCUT2D eigenvalue weighted by Gasteiger charge is 2.55. The van der Waals surface area contributed by atoms with Gasteiger partial charge in [0.2, 0.25) is 0 Å². The first kappa shape index (κ1) is 64.6. The van der Waals surface area contributed by atoms with Crippen molar-refractivity contribution in [2.75, 3.05) is 19.6 Å². The molecule has 26 rings (SSSR count). The van der Waals surface area contributed by atoms with Gasteiger partial charge in [-0.1, -0.05) is 322 Å². The molecular weight excluding hydrogens is 1410 g/mol. The molecule has 0 radical (unpaired) electrons. The first-order chi connectivity index (χ1) is 58.1. The summed E-state index contributed by atoms with van der Waals surface area (Å²) in [6.07, 6.45) is 0. The molecule has 0 aromatic heterocycles. The van der Waals surface area contributed by atoms with Crippen LogP contribution in [0, 0.1) is 0 Å². The maximum atomic E-state index is 8.23. The third kappa shape index (κ3) is 8.96. The van der Waals surface area contributed by atoms with Crippen molar-refractivity contribution in [3.05, 3.63) is 429 Å². The number of hydrogen-bond donors (Lipinski definition) is 0. The minimum absolute atomic E-state index is 0.0803. The highest BCUT2D eigenvalue weighted by atomic mass is 16.5. The zero-order chi connectivity index (χ0) is 76.3. The number of fused-ring (bicyclic) bond motifs is 24. The van der Waals surface area contributed by atoms with Gasteiger partial charge in [0.25, 0.3) is 20.1 Å². The average molecular weight is 1480 g/mol. The van der Waals surface area contributed by atoms with Gasteiger partial charge in [-0.05, 0) is 217 Å². The van der Waals surface area contributed by atoms with Crippen LogP contribution in [0.2, 0.25) is 0 Å². The second kappa shape index (κ2) is 24.6. The molecule has 8 aliphatic rings. The number of para-hydroxylation sites is 6. The monoisotopic (exact) mass is 1480 g/mol. The maximum absolute atomic E-state index is 8.23. The van der Waals surface area contributed by atoms with Crippen LogP contribution in [-0.2, 0) is 5.41 Å². The first-order valence-electron chi connectivity index (χ1n) is 40.9. The molecule has 1 spiro atoms. The van der Waals surface area contributed by atoms with Gasteiger partial charge in [-0.2, -0.15) is 0 Å². The van der Waals surface area contributed by atoms with E-state index < -0.39 is 5.41 Å². The molecule has 117 heavy (non-hydrogen) atoms. The van der Waals surface area contributed by atoms with Gasteiger partial charge in [-0.25, -0.2) is 0 Å². The van der Waals surface area contributed by atoms with Gasteiger partial charge in [0, 0.05) is 79.8 Å². The Balaban J connectivity index is 0.765. The van der Waals surface area contributed by atoms with Crippen molar-refractivity contribution >= 4 is 138 Å². The Hall–Kier alpha value is -14.8. The molecule has 8 heteroatoms. The largest absolute Gasteiger partial charge is 0.458 e. The number of hydrogen-bond acceptors (Lipinski definition) is 5. The molecule has 5 nitrogen and oxygen atoms in total. The van der Waals surface area contributed by atoms with Crippen molar-refractivity contribution in [1.82, 2.24) is 0 Å². The molecule has 0 saturated carbocycles. The lowest BCUT2D eigenvalue weighted by Crippen LogP contribution is -2.69. The van der Waals surface area contributed by atoms with E-state index in [0.29, 0.717) is 0 Å². The van der Waals surface area contributed by atoms with E-state index in [4.69, 9.17) is 4.74 Å². The van der Waals surface area contributed by atoms with Gasteiger partial charge >= 0.3 is 0 Å². The number of rotatable bonds is 8. The maximum Gasteiger partial charge on any atom is 0.256 e. The van der Waals surface area contributed by atoms with Crippen LogP contribution in [0.5, 0.6) is 11.5 Å². The van der Waals surface area contributed by atoms with Gasteiger partial charge in [-0.15, -0.1) is 0 Å². The van der Waals surface area contributed by atoms with Crippen LogP contribution >= 0.6 is 0 Å². The Morgan fingerprint density at radius 1 is 0.188 bits per heavy atom. The summed E-state index contributed by atoms with van der Waals surface area (Å²) in [5.74, 6) is 1.65. The second-order valence-corrected chi connectivity index (χ2v) is 32.3. The fraction of sp³-hybridized carbons (Fsp3) is 0.00917. The van der Waals surface area contributed by atoms with E-state index in [1.165, 1.54) is 105 Å². The van der Waals surface area contributed by atoms with E-state index in [2.05, 4.69) is 426 Å². The topological polar surface area (TPSA) is 22.2 Å². The second-order valence-electron chi connectivity index (χ2n) is 32.3. The van der Waals surface area contributed by atoms with Gasteiger partial charge in [0.05, 0.1) is 11.1 Å². The summed E-state index contributed by atoms with van der Waals surface area (Å²) in [5, 5.41) is 0. The van der Waals surface area contributed by atoms with E-state index in [1.54, 1.807) is 0 Å². The molecule has 0 fully saturated rings. The molecule has 0 unspecified atom stereocenters. The molecule has 0 N–H and O–H groups in total. The molecule has 6 heterocycles. The fourth-order valence-electron chi connectivity index (χ4n) is 22.1. The average Bonchev–Trinajstić information content (AvgIpc) is 1.36. The Morgan fingerprint density at radius 3 is 1.12 bits per heavy atom. The molecule has 6 aliphatic heterocycles. The molecule has 18 aromatic rings. The van der Waals surface area contributed by atoms with E-state index in [9.17, 15) is 0 Å². The number of ether oxygens (including phenoxy) is 1. The van der Waals surface area contributed by atoms with E-state index in [0.717, 1.165) is 124 Å². The van der Waals surface area contributed by atoms with Gasteiger partial charge in [0.1, 0.15) is 11.5 Å². The Labute approximate surface area is 680 Å². The van der Waals surface area contributed by atoms with Crippen LogP contribution in [0.15, 0.2) is 406 Å². The standard InChI is InChI=1S/C109H67B3N4O/c1-6-31-68(32-7-1)73-59-74(69-33-8-2-9-34-69)61-77(60-73)114-95-54-27-23-50-89(95)112-93-65-92-98(67-102(93)117-103-64-75(63-99(114)104(103)112)72-57-58-87-83(62-72)82-43-18-21-48-86(82)109(87)84-46-19-16-41-80(84)81-42-17-20-47-85(81)109)116(107-78(70-35-10-3-11-36-70)44-30-45-79(107)71-37-12-4-13-38-71)101-66-100-105-108-106(101)111(92)91-52-25-29-56-97(91)115(108)96-55-28-24-51-90(96)110(105)88-49-22-26-53-94(88)113(100)76-39-14-5-15-40-76/h1-67H. The van der Waals surface area contributed by atoms with Crippen molar-refractivity contribution in [3.63, 3.8) is 0 Å². The summed E-state index contributed by atoms with van der Waals surface area (Å²) < 4.78 is 8.23. The minimum Gasteiger partial charge on any atom is -0.458 e. The Kier molecular flexibility index (Phi) is 13.6. The molecule has 0 bridgehead atoms. The van der Waals surface area contributed by atoms with Crippen molar-refractivity contribution in [2.45, 2.75) is 5.41 Å². The van der Waals surface area contributed by atoms with Crippen molar-refractivity contribution in [2.24, 2.45) is 0 Å². The van der Waals surface area contributed by atoms with E-state index in [1.807, 2.05) is 0 Å². The summed E-state index contributed by atoms with van der Waals surface area (Å²) >= 11 is 0. The zero-order valence-corrected chi connectivity index (χ0v) is 63.6. The van der Waals surface area contributed by atoms with Crippen LogP contribution in [0.4, 0.5) is 68.2 Å². The highest BCUT2D eigenvalue weighted by molar-refractivity contribution is 7.05. The number of benzene rings is 18. The summed E-state index contributed by atoms with van der Waals surface area (Å²) in [7, 11) is 0. The third-order valence-electron chi connectivity index (χ3n) is 26.6. The molecule has 0 atom stereocenters. The van der Waals surface area contributed by atoms with Crippen molar-refractivity contribution in [3.8, 4) is 89.4 Å². The van der Waals surface area contributed by atoms with Crippen LogP contribution in [0.1, 0.15) is 22.3 Å². The predicted octanol–water partition coefficient (Wildman–Crippen LogP) is 21.5. The van der Waals surface area contributed by atoms with Crippen molar-refractivity contribution in [1.29, 1.82) is 0 Å². The van der Waals surface area contributed by atoms with Crippen LogP contribution in [0.25, 0.3) is 77.9 Å². The van der Waals surface area contributed by atoms with Gasteiger partial charge < -0.3 is 24.3 Å². The molecule has 0 saturated heterocycles. The molecule has 2 aliphatic carbocycles. The fourth-order valence-corrected chi connectivity index (χ4v) is 22.1. The summed E-state index contributed by atoms with van der Waals surface area (Å²) in [5.41, 5.74) is 45.8. The van der Waals surface area contributed by atoms with E-state index >= 15 is 0 Å². The summed E-state index contributed by atoms with van der Waals surface area (Å²) in [6, 6.07) is 153. The normalized spacial score (nSPS) is 14.0. The van der Waals surface area contributed by atoms with Crippen LogP contribution in [0.3, 0.4) is 0 Å². The smallest absolute Gasteiger partial charge is 0.256 e. The van der Waals surface area contributed by atoms with Gasteiger partial charge in [0.15, 0.2) is 0 Å². The lowest BCUT2D eigenvalue weighted by molar-refractivity contribution is 0.488. The van der Waals surface area contributed by atoms with E-state index in [-0.39, 0.29) is 20.1 Å². The zero-order valence-electron chi connectivity index (χ0n) is 63.6. The number of anilines is 12. The first-order valence-corrected chi connectivity index (χ1v) is 40.9. The summed E-state index contributed by atoms with van der Waals surface area (Å²) in [6.45, 7) is -0.600. The quantitative estimate of drug-likeness (QED) is 0.141. The van der Waals surface area contributed by atoms with Crippen LogP contribution < -0.4 is 73.5 Å². The molecule has 18 aromatic carbocycles. The van der Waals surface area contributed by atoms with Gasteiger partial charge in [-0.3, -0.25) is 0 Å². The molecular formula is C109H67B3N4O.